The SMILES string of the molecule is CCOC(=O)c1cccc(-c2cccc(CNc3cccnc3N)c2)c1. The Morgan fingerprint density at radius 3 is 2.62 bits per heavy atom. The monoisotopic (exact) mass is 347 g/mol. The number of anilines is 2. The number of nitrogens with zero attached hydrogens (tertiary/aromatic N) is 1. The number of nitrogen functional groups attached to an aromatic ring is 1. The molecule has 0 bridgehead atoms. The zero-order valence-corrected chi connectivity index (χ0v) is 14.6. The summed E-state index contributed by atoms with van der Waals surface area (Å²) in [6.45, 7) is 2.79. The van der Waals surface area contributed by atoms with E-state index in [1.54, 1.807) is 19.2 Å². The van der Waals surface area contributed by atoms with Crippen molar-refractivity contribution in [1.82, 2.24) is 4.98 Å². The van der Waals surface area contributed by atoms with Gasteiger partial charge in [-0.25, -0.2) is 9.78 Å². The van der Waals surface area contributed by atoms with Gasteiger partial charge in [0.15, 0.2) is 0 Å². The average molecular weight is 347 g/mol. The lowest BCUT2D eigenvalue weighted by Crippen LogP contribution is -2.04. The van der Waals surface area contributed by atoms with Crippen LogP contribution in [0.3, 0.4) is 0 Å². The van der Waals surface area contributed by atoms with Crippen molar-refractivity contribution in [3.05, 3.63) is 78.0 Å². The maximum Gasteiger partial charge on any atom is 0.338 e. The highest BCUT2D eigenvalue weighted by Crippen LogP contribution is 2.23. The summed E-state index contributed by atoms with van der Waals surface area (Å²) < 4.78 is 5.07. The van der Waals surface area contributed by atoms with Crippen LogP contribution in [0.25, 0.3) is 11.1 Å². The molecule has 0 radical (unpaired) electrons. The maximum absolute atomic E-state index is 11.9. The van der Waals surface area contributed by atoms with Gasteiger partial charge in [-0.15, -0.1) is 0 Å². The van der Waals surface area contributed by atoms with Gasteiger partial charge in [0.25, 0.3) is 0 Å². The fourth-order valence-electron chi connectivity index (χ4n) is 2.67. The molecule has 26 heavy (non-hydrogen) atoms. The van der Waals surface area contributed by atoms with Crippen LogP contribution in [-0.4, -0.2) is 17.6 Å². The van der Waals surface area contributed by atoms with Crippen LogP contribution in [0.4, 0.5) is 11.5 Å². The molecule has 0 aliphatic heterocycles. The Kier molecular flexibility index (Phi) is 5.49. The van der Waals surface area contributed by atoms with Crippen molar-refractivity contribution in [1.29, 1.82) is 0 Å². The Labute approximate surface area is 152 Å². The Hall–Kier alpha value is -3.34. The van der Waals surface area contributed by atoms with Crippen molar-refractivity contribution in [2.24, 2.45) is 0 Å². The van der Waals surface area contributed by atoms with Crippen LogP contribution in [0.1, 0.15) is 22.8 Å². The van der Waals surface area contributed by atoms with Gasteiger partial charge < -0.3 is 15.8 Å². The number of esters is 1. The van der Waals surface area contributed by atoms with Crippen LogP contribution in [0.2, 0.25) is 0 Å². The second-order valence-corrected chi connectivity index (χ2v) is 5.79. The van der Waals surface area contributed by atoms with E-state index in [9.17, 15) is 4.79 Å². The molecular formula is C21H21N3O2. The lowest BCUT2D eigenvalue weighted by molar-refractivity contribution is 0.0526. The number of rotatable bonds is 6. The van der Waals surface area contributed by atoms with Gasteiger partial charge in [-0.2, -0.15) is 0 Å². The second kappa shape index (κ2) is 8.16. The van der Waals surface area contributed by atoms with Gasteiger partial charge in [-0.3, -0.25) is 0 Å². The van der Waals surface area contributed by atoms with Gasteiger partial charge in [0, 0.05) is 12.7 Å². The van der Waals surface area contributed by atoms with E-state index >= 15 is 0 Å². The number of ether oxygens (including phenoxy) is 1. The predicted octanol–water partition coefficient (Wildman–Crippen LogP) is 4.12. The van der Waals surface area contributed by atoms with Crippen molar-refractivity contribution in [2.45, 2.75) is 13.5 Å². The van der Waals surface area contributed by atoms with Crippen molar-refractivity contribution < 1.29 is 9.53 Å². The third kappa shape index (κ3) is 4.19. The molecule has 3 rings (SSSR count). The lowest BCUT2D eigenvalue weighted by Gasteiger charge is -2.10. The topological polar surface area (TPSA) is 77.2 Å². The Balaban J connectivity index is 1.78. The average Bonchev–Trinajstić information content (AvgIpc) is 2.68. The van der Waals surface area contributed by atoms with Crippen LogP contribution in [0.5, 0.6) is 0 Å². The molecule has 2 aromatic carbocycles. The summed E-state index contributed by atoms with van der Waals surface area (Å²) in [5, 5.41) is 3.29. The molecule has 0 spiro atoms. The third-order valence-electron chi connectivity index (χ3n) is 3.96. The zero-order valence-electron chi connectivity index (χ0n) is 14.6. The number of carbonyl (C=O) groups is 1. The standard InChI is InChI=1S/C21H21N3O2/c1-2-26-21(25)18-9-4-8-17(13-18)16-7-3-6-15(12-16)14-24-19-10-5-11-23-20(19)22/h3-13,24H,2,14H2,1H3,(H2,22,23). The van der Waals surface area contributed by atoms with Crippen LogP contribution in [0.15, 0.2) is 66.9 Å². The number of nitrogens with two attached hydrogens (primary N) is 1. The Morgan fingerprint density at radius 1 is 1.08 bits per heavy atom. The molecule has 5 heteroatoms. The molecule has 0 aliphatic rings. The largest absolute Gasteiger partial charge is 0.462 e. The minimum atomic E-state index is -0.306. The van der Waals surface area contributed by atoms with E-state index < -0.39 is 0 Å². The molecular weight excluding hydrogens is 326 g/mol. The number of benzene rings is 2. The van der Waals surface area contributed by atoms with E-state index in [1.807, 2.05) is 48.5 Å². The van der Waals surface area contributed by atoms with Gasteiger partial charge in [-0.1, -0.05) is 30.3 Å². The summed E-state index contributed by atoms with van der Waals surface area (Å²) in [7, 11) is 0. The molecule has 3 N–H and O–H groups in total. The summed E-state index contributed by atoms with van der Waals surface area (Å²) >= 11 is 0. The number of pyridine rings is 1. The smallest absolute Gasteiger partial charge is 0.338 e. The van der Waals surface area contributed by atoms with Crippen LogP contribution < -0.4 is 11.1 Å². The van der Waals surface area contributed by atoms with Crippen LogP contribution in [-0.2, 0) is 11.3 Å². The highest BCUT2D eigenvalue weighted by Gasteiger charge is 2.08. The minimum absolute atomic E-state index is 0.306. The summed E-state index contributed by atoms with van der Waals surface area (Å²) in [5.74, 6) is 0.171. The molecule has 1 aromatic heterocycles. The molecule has 0 saturated heterocycles. The third-order valence-corrected chi connectivity index (χ3v) is 3.96. The number of hydrogen-bond donors (Lipinski definition) is 2. The Bertz CT molecular complexity index is 909. The molecule has 1 heterocycles. The van der Waals surface area contributed by atoms with Crippen molar-refractivity contribution in [3.63, 3.8) is 0 Å². The van der Waals surface area contributed by atoms with Crippen LogP contribution >= 0.6 is 0 Å². The summed E-state index contributed by atoms with van der Waals surface area (Å²) in [6, 6.07) is 19.3. The van der Waals surface area contributed by atoms with E-state index in [2.05, 4.69) is 16.4 Å². The quantitative estimate of drug-likeness (QED) is 0.656. The minimum Gasteiger partial charge on any atom is -0.462 e. The number of hydrogen-bond acceptors (Lipinski definition) is 5. The fourth-order valence-corrected chi connectivity index (χ4v) is 2.67. The number of nitrogens with one attached hydrogen (secondary N) is 1. The molecule has 0 fully saturated rings. The van der Waals surface area contributed by atoms with E-state index in [-0.39, 0.29) is 5.97 Å². The van der Waals surface area contributed by atoms with E-state index in [0.29, 0.717) is 24.5 Å². The first-order chi connectivity index (χ1) is 12.7. The van der Waals surface area contributed by atoms with E-state index in [4.69, 9.17) is 10.5 Å². The molecule has 0 aliphatic carbocycles. The number of carbonyl (C=O) groups excluding carboxylic acids is 1. The first-order valence-electron chi connectivity index (χ1n) is 8.48. The Morgan fingerprint density at radius 2 is 1.85 bits per heavy atom. The van der Waals surface area contributed by atoms with Gasteiger partial charge >= 0.3 is 5.97 Å². The molecule has 0 unspecified atom stereocenters. The molecule has 3 aromatic rings. The van der Waals surface area contributed by atoms with Gasteiger partial charge in [0.1, 0.15) is 5.82 Å². The summed E-state index contributed by atoms with van der Waals surface area (Å²) in [5.41, 5.74) is 10.3. The molecule has 5 nitrogen and oxygen atoms in total. The maximum atomic E-state index is 11.9. The fraction of sp³-hybridized carbons (Fsp3) is 0.143. The first kappa shape index (κ1) is 17.5. The van der Waals surface area contributed by atoms with Crippen molar-refractivity contribution >= 4 is 17.5 Å². The van der Waals surface area contributed by atoms with Crippen molar-refractivity contribution in [2.75, 3.05) is 17.7 Å². The molecule has 0 atom stereocenters. The first-order valence-corrected chi connectivity index (χ1v) is 8.48. The van der Waals surface area contributed by atoms with E-state index in [1.165, 1.54) is 0 Å². The second-order valence-electron chi connectivity index (χ2n) is 5.79. The van der Waals surface area contributed by atoms with Crippen LogP contribution in [0, 0.1) is 0 Å². The number of aromatic nitrogens is 1. The normalized spacial score (nSPS) is 10.3. The summed E-state index contributed by atoms with van der Waals surface area (Å²) in [4.78, 5) is 16.0. The predicted molar refractivity (Wildman–Crippen MR) is 104 cm³/mol. The highest BCUT2D eigenvalue weighted by atomic mass is 16.5. The van der Waals surface area contributed by atoms with Crippen molar-refractivity contribution in [3.8, 4) is 11.1 Å². The highest BCUT2D eigenvalue weighted by molar-refractivity contribution is 5.91. The zero-order chi connectivity index (χ0) is 18.4. The molecule has 0 amide bonds. The van der Waals surface area contributed by atoms with Gasteiger partial charge in [-0.05, 0) is 53.9 Å². The molecule has 132 valence electrons. The van der Waals surface area contributed by atoms with Gasteiger partial charge in [0.2, 0.25) is 0 Å². The summed E-state index contributed by atoms with van der Waals surface area (Å²) in [6.07, 6.45) is 1.66. The lowest BCUT2D eigenvalue weighted by atomic mass is 10.0. The molecule has 0 saturated carbocycles. The van der Waals surface area contributed by atoms with Gasteiger partial charge in [0.05, 0.1) is 17.9 Å². The van der Waals surface area contributed by atoms with E-state index in [0.717, 1.165) is 22.4 Å².